The van der Waals surface area contributed by atoms with Gasteiger partial charge in [0, 0.05) is 30.1 Å². The van der Waals surface area contributed by atoms with Crippen LogP contribution in [-0.2, 0) is 19.4 Å². The van der Waals surface area contributed by atoms with Gasteiger partial charge in [0.1, 0.15) is 11.5 Å². The minimum Gasteiger partial charge on any atom is -0.496 e. The van der Waals surface area contributed by atoms with Gasteiger partial charge < -0.3 is 19.9 Å². The lowest BCUT2D eigenvalue weighted by atomic mass is 9.85. The van der Waals surface area contributed by atoms with Crippen molar-refractivity contribution < 1.29 is 14.6 Å². The first-order chi connectivity index (χ1) is 11.2. The third-order valence-electron chi connectivity index (χ3n) is 4.50. The number of ether oxygens (including phenoxy) is 2. The molecule has 4 heteroatoms. The first-order valence-corrected chi connectivity index (χ1v) is 7.91. The Kier molecular flexibility index (Phi) is 4.84. The zero-order chi connectivity index (χ0) is 16.2. The number of methoxy groups -OCH3 is 2. The van der Waals surface area contributed by atoms with Gasteiger partial charge in [0.15, 0.2) is 0 Å². The van der Waals surface area contributed by atoms with E-state index < -0.39 is 6.10 Å². The smallest absolute Gasteiger partial charge is 0.122 e. The van der Waals surface area contributed by atoms with Crippen LogP contribution in [-0.4, -0.2) is 31.5 Å². The molecule has 0 amide bonds. The molecule has 4 nitrogen and oxygen atoms in total. The van der Waals surface area contributed by atoms with Crippen molar-refractivity contribution in [2.75, 3.05) is 14.2 Å². The van der Waals surface area contributed by atoms with E-state index in [1.54, 1.807) is 14.2 Å². The average Bonchev–Trinajstić information content (AvgIpc) is 2.60. The third-order valence-corrected chi connectivity index (χ3v) is 4.50. The molecule has 122 valence electrons. The minimum absolute atomic E-state index is 0.00344. The lowest BCUT2D eigenvalue weighted by Crippen LogP contribution is -2.45. The Hall–Kier alpha value is -2.04. The van der Waals surface area contributed by atoms with Gasteiger partial charge in [0.05, 0.1) is 20.3 Å². The zero-order valence-corrected chi connectivity index (χ0v) is 13.6. The third kappa shape index (κ3) is 3.33. The van der Waals surface area contributed by atoms with Gasteiger partial charge >= 0.3 is 0 Å². The molecular weight excluding hydrogens is 290 g/mol. The predicted molar refractivity (Wildman–Crippen MR) is 90.0 cm³/mol. The summed E-state index contributed by atoms with van der Waals surface area (Å²) in [6, 6.07) is 14.1. The van der Waals surface area contributed by atoms with Crippen molar-refractivity contribution >= 4 is 0 Å². The van der Waals surface area contributed by atoms with E-state index in [9.17, 15) is 5.11 Å². The maximum absolute atomic E-state index is 10.5. The number of rotatable bonds is 5. The van der Waals surface area contributed by atoms with Gasteiger partial charge in [0.2, 0.25) is 0 Å². The lowest BCUT2D eigenvalue weighted by molar-refractivity contribution is 0.117. The molecule has 0 radical (unpaired) electrons. The van der Waals surface area contributed by atoms with Gasteiger partial charge in [-0.2, -0.15) is 0 Å². The molecule has 2 N–H and O–H groups in total. The highest BCUT2D eigenvalue weighted by atomic mass is 16.5. The Labute approximate surface area is 137 Å². The molecular formula is C19H23NO3. The molecule has 0 spiro atoms. The van der Waals surface area contributed by atoms with Gasteiger partial charge in [-0.3, -0.25) is 0 Å². The van der Waals surface area contributed by atoms with Crippen molar-refractivity contribution in [1.29, 1.82) is 0 Å². The molecule has 0 aliphatic heterocycles. The van der Waals surface area contributed by atoms with Crippen LogP contribution in [0.5, 0.6) is 11.5 Å². The minimum atomic E-state index is -0.438. The summed E-state index contributed by atoms with van der Waals surface area (Å²) in [5.74, 6) is 1.68. The molecule has 2 aromatic rings. The summed E-state index contributed by atoms with van der Waals surface area (Å²) in [7, 11) is 3.34. The number of hydrogen-bond donors (Lipinski definition) is 2. The van der Waals surface area contributed by atoms with Crippen molar-refractivity contribution in [3.05, 3.63) is 59.2 Å². The van der Waals surface area contributed by atoms with Crippen LogP contribution in [0.2, 0.25) is 0 Å². The molecule has 0 aromatic heterocycles. The first-order valence-electron chi connectivity index (χ1n) is 7.91. The van der Waals surface area contributed by atoms with Crippen molar-refractivity contribution in [3.63, 3.8) is 0 Å². The fraction of sp³-hybridized carbons (Fsp3) is 0.368. The van der Waals surface area contributed by atoms with Gasteiger partial charge in [-0.15, -0.1) is 0 Å². The van der Waals surface area contributed by atoms with Crippen LogP contribution in [0.25, 0.3) is 0 Å². The molecule has 0 saturated heterocycles. The first kappa shape index (κ1) is 15.8. The van der Waals surface area contributed by atoms with Crippen LogP contribution < -0.4 is 14.8 Å². The number of hydrogen-bond acceptors (Lipinski definition) is 4. The Balaban J connectivity index is 1.79. The van der Waals surface area contributed by atoms with Gasteiger partial charge in [-0.25, -0.2) is 0 Å². The second-order valence-corrected chi connectivity index (χ2v) is 5.88. The summed E-state index contributed by atoms with van der Waals surface area (Å²) < 4.78 is 10.9. The average molecular weight is 313 g/mol. The number of benzene rings is 2. The SMILES string of the molecule is COc1ccc(OC)c2c1CC(O)C(NCc1ccccc1)C2. The van der Waals surface area contributed by atoms with Crippen molar-refractivity contribution in [1.82, 2.24) is 5.32 Å². The van der Waals surface area contributed by atoms with Crippen molar-refractivity contribution in [2.24, 2.45) is 0 Å². The molecule has 2 aromatic carbocycles. The Bertz CT molecular complexity index is 657. The summed E-state index contributed by atoms with van der Waals surface area (Å²) in [4.78, 5) is 0. The van der Waals surface area contributed by atoms with E-state index >= 15 is 0 Å². The zero-order valence-electron chi connectivity index (χ0n) is 13.6. The summed E-state index contributed by atoms with van der Waals surface area (Å²) in [5.41, 5.74) is 3.39. The Morgan fingerprint density at radius 3 is 2.17 bits per heavy atom. The van der Waals surface area contributed by atoms with E-state index in [0.29, 0.717) is 6.42 Å². The molecule has 0 fully saturated rings. The monoisotopic (exact) mass is 313 g/mol. The topological polar surface area (TPSA) is 50.7 Å². The van der Waals surface area contributed by atoms with Crippen LogP contribution in [0.3, 0.4) is 0 Å². The second-order valence-electron chi connectivity index (χ2n) is 5.88. The van der Waals surface area contributed by atoms with E-state index in [1.807, 2.05) is 30.3 Å². The van der Waals surface area contributed by atoms with Gasteiger partial charge in [0.25, 0.3) is 0 Å². The van der Waals surface area contributed by atoms with Gasteiger partial charge in [-0.1, -0.05) is 30.3 Å². The summed E-state index contributed by atoms with van der Waals surface area (Å²) >= 11 is 0. The molecule has 1 aliphatic carbocycles. The normalized spacial score (nSPS) is 20.0. The quantitative estimate of drug-likeness (QED) is 0.889. The summed E-state index contributed by atoms with van der Waals surface area (Å²) in [6.45, 7) is 0.740. The Morgan fingerprint density at radius 1 is 0.957 bits per heavy atom. The fourth-order valence-electron chi connectivity index (χ4n) is 3.24. The molecule has 2 unspecified atom stereocenters. The van der Waals surface area contributed by atoms with E-state index in [4.69, 9.17) is 9.47 Å². The predicted octanol–water partition coefficient (Wildman–Crippen LogP) is 2.32. The molecule has 0 bridgehead atoms. The summed E-state index contributed by atoms with van der Waals surface area (Å²) in [5, 5.41) is 14.0. The number of aliphatic hydroxyl groups is 1. The van der Waals surface area contributed by atoms with Crippen LogP contribution in [0, 0.1) is 0 Å². The largest absolute Gasteiger partial charge is 0.496 e. The van der Waals surface area contributed by atoms with E-state index in [0.717, 1.165) is 35.6 Å². The maximum Gasteiger partial charge on any atom is 0.122 e. The Morgan fingerprint density at radius 2 is 1.57 bits per heavy atom. The number of aliphatic hydroxyl groups excluding tert-OH is 1. The second kappa shape index (κ2) is 7.02. The number of nitrogens with one attached hydrogen (secondary N) is 1. The van der Waals surface area contributed by atoms with Crippen LogP contribution in [0.15, 0.2) is 42.5 Å². The van der Waals surface area contributed by atoms with Crippen molar-refractivity contribution in [3.8, 4) is 11.5 Å². The highest BCUT2D eigenvalue weighted by Crippen LogP contribution is 2.36. The standard InChI is InChI=1S/C19H23NO3/c1-22-18-8-9-19(23-2)15-11-17(21)16(10-14(15)18)20-12-13-6-4-3-5-7-13/h3-9,16-17,20-21H,10-12H2,1-2H3. The summed E-state index contributed by atoms with van der Waals surface area (Å²) in [6.07, 6.45) is 0.860. The highest BCUT2D eigenvalue weighted by molar-refractivity contribution is 5.51. The maximum atomic E-state index is 10.5. The molecule has 1 aliphatic rings. The van der Waals surface area contributed by atoms with Crippen molar-refractivity contribution in [2.45, 2.75) is 31.5 Å². The van der Waals surface area contributed by atoms with Crippen LogP contribution >= 0.6 is 0 Å². The van der Waals surface area contributed by atoms with Gasteiger partial charge in [-0.05, 0) is 24.1 Å². The van der Waals surface area contributed by atoms with Crippen LogP contribution in [0.1, 0.15) is 16.7 Å². The lowest BCUT2D eigenvalue weighted by Gasteiger charge is -2.32. The molecule has 2 atom stereocenters. The molecule has 0 heterocycles. The highest BCUT2D eigenvalue weighted by Gasteiger charge is 2.30. The number of fused-ring (bicyclic) bond motifs is 1. The van der Waals surface area contributed by atoms with E-state index in [1.165, 1.54) is 5.56 Å². The fourth-order valence-corrected chi connectivity index (χ4v) is 3.24. The molecule has 3 rings (SSSR count). The van der Waals surface area contributed by atoms with Crippen LogP contribution in [0.4, 0.5) is 0 Å². The molecule has 0 saturated carbocycles. The molecule has 23 heavy (non-hydrogen) atoms. The van der Waals surface area contributed by atoms with E-state index in [-0.39, 0.29) is 6.04 Å². The van der Waals surface area contributed by atoms with E-state index in [2.05, 4.69) is 17.4 Å².